The van der Waals surface area contributed by atoms with Gasteiger partial charge in [0, 0.05) is 6.08 Å². The van der Waals surface area contributed by atoms with Gasteiger partial charge in [0.1, 0.15) is 0 Å². The van der Waals surface area contributed by atoms with Crippen molar-refractivity contribution in [3.63, 3.8) is 0 Å². The Bertz CT molecular complexity index is 483. The third kappa shape index (κ3) is 5.03. The lowest BCUT2D eigenvalue weighted by Gasteiger charge is -2.13. The van der Waals surface area contributed by atoms with Gasteiger partial charge in [-0.15, -0.1) is 0 Å². The van der Waals surface area contributed by atoms with Crippen LogP contribution in [0.25, 0.3) is 0 Å². The first-order valence-corrected chi connectivity index (χ1v) is 7.47. The molecule has 0 unspecified atom stereocenters. The molecule has 0 aromatic heterocycles. The van der Waals surface area contributed by atoms with E-state index >= 15 is 0 Å². The lowest BCUT2D eigenvalue weighted by Crippen LogP contribution is -2.02. The summed E-state index contributed by atoms with van der Waals surface area (Å²) in [5.74, 6) is 1.18. The zero-order valence-corrected chi connectivity index (χ0v) is 14.1. The summed E-state index contributed by atoms with van der Waals surface area (Å²) in [4.78, 5) is 11.1. The highest BCUT2D eigenvalue weighted by molar-refractivity contribution is 14.1. The number of esters is 1. The Kier molecular flexibility index (Phi) is 7.43. The van der Waals surface area contributed by atoms with E-state index in [2.05, 4.69) is 22.6 Å². The second-order valence-corrected chi connectivity index (χ2v) is 5.18. The number of carbonyl (C=O) groups excluding carboxylic acids is 1. The van der Waals surface area contributed by atoms with Crippen LogP contribution in [0.5, 0.6) is 11.5 Å². The van der Waals surface area contributed by atoms with E-state index in [1.807, 2.05) is 19.1 Å². The van der Waals surface area contributed by atoms with E-state index in [1.165, 1.54) is 6.08 Å². The van der Waals surface area contributed by atoms with Crippen molar-refractivity contribution in [2.45, 2.75) is 20.3 Å². The van der Waals surface area contributed by atoms with E-state index < -0.39 is 0 Å². The molecule has 0 amide bonds. The summed E-state index contributed by atoms with van der Waals surface area (Å²) in [5.41, 5.74) is 1.03. The molecule has 20 heavy (non-hydrogen) atoms. The fraction of sp³-hybridized carbons (Fsp3) is 0.400. The number of hydrogen-bond acceptors (Lipinski definition) is 4. The molecule has 0 aliphatic rings. The van der Waals surface area contributed by atoms with Crippen molar-refractivity contribution in [1.82, 2.24) is 0 Å². The second-order valence-electron chi connectivity index (χ2n) is 4.02. The van der Waals surface area contributed by atoms with Crippen LogP contribution in [0.3, 0.4) is 0 Å². The zero-order chi connectivity index (χ0) is 15.0. The molecule has 0 spiro atoms. The average molecular weight is 390 g/mol. The largest absolute Gasteiger partial charge is 0.493 e. The number of ether oxygens (including phenoxy) is 3. The van der Waals surface area contributed by atoms with Crippen LogP contribution in [0.1, 0.15) is 18.9 Å². The molecule has 0 aliphatic heterocycles. The van der Waals surface area contributed by atoms with E-state index in [4.69, 9.17) is 14.2 Å². The highest BCUT2D eigenvalue weighted by Gasteiger charge is 2.11. The molecule has 0 fully saturated rings. The number of halogens is 1. The maximum Gasteiger partial charge on any atom is 0.330 e. The lowest BCUT2D eigenvalue weighted by molar-refractivity contribution is -0.137. The average Bonchev–Trinajstić information content (AvgIpc) is 2.42. The van der Waals surface area contributed by atoms with Crippen molar-refractivity contribution >= 4 is 28.6 Å². The van der Waals surface area contributed by atoms with Gasteiger partial charge in [0.15, 0.2) is 11.5 Å². The number of hydrogen-bond donors (Lipinski definition) is 0. The predicted octanol–water partition coefficient (Wildman–Crippen LogP) is 3.50. The number of benzene rings is 1. The molecule has 0 bridgehead atoms. The van der Waals surface area contributed by atoms with Crippen LogP contribution in [0.2, 0.25) is 0 Å². The molecule has 5 heteroatoms. The standard InChI is InChI=1S/C15H19IO4/c1-4-19-13(17)7-5-6-10-20-15-12(16)9-8-11(2)14(15)18-3/h5,7-9H,4,6,10H2,1-3H3/b7-5+. The van der Waals surface area contributed by atoms with E-state index in [1.54, 1.807) is 20.1 Å². The monoisotopic (exact) mass is 390 g/mol. The van der Waals surface area contributed by atoms with Gasteiger partial charge < -0.3 is 14.2 Å². The van der Waals surface area contributed by atoms with E-state index in [0.717, 1.165) is 20.6 Å². The number of rotatable bonds is 7. The van der Waals surface area contributed by atoms with Crippen LogP contribution in [0.4, 0.5) is 0 Å². The molecule has 0 heterocycles. The van der Waals surface area contributed by atoms with Gasteiger partial charge in [-0.2, -0.15) is 0 Å². The summed E-state index contributed by atoms with van der Waals surface area (Å²) < 4.78 is 16.9. The number of aryl methyl sites for hydroxylation is 1. The molecule has 4 nitrogen and oxygen atoms in total. The first-order valence-electron chi connectivity index (χ1n) is 6.39. The summed E-state index contributed by atoms with van der Waals surface area (Å²) in [6.45, 7) is 4.62. The van der Waals surface area contributed by atoms with E-state index in [0.29, 0.717) is 19.6 Å². The Hall–Kier alpha value is -1.24. The molecule has 0 N–H and O–H groups in total. The van der Waals surface area contributed by atoms with E-state index in [-0.39, 0.29) is 5.97 Å². The van der Waals surface area contributed by atoms with Crippen molar-refractivity contribution in [3.8, 4) is 11.5 Å². The third-order valence-corrected chi connectivity index (χ3v) is 3.39. The van der Waals surface area contributed by atoms with Gasteiger partial charge >= 0.3 is 5.97 Å². The second kappa shape index (κ2) is 8.84. The smallest absolute Gasteiger partial charge is 0.330 e. The van der Waals surface area contributed by atoms with E-state index in [9.17, 15) is 4.79 Å². The zero-order valence-electron chi connectivity index (χ0n) is 11.9. The lowest BCUT2D eigenvalue weighted by atomic mass is 10.2. The van der Waals surface area contributed by atoms with Crippen LogP contribution in [0.15, 0.2) is 24.3 Å². The fourth-order valence-electron chi connectivity index (χ4n) is 1.62. The summed E-state index contributed by atoms with van der Waals surface area (Å²) in [7, 11) is 1.63. The van der Waals surface area contributed by atoms with Crippen molar-refractivity contribution in [2.24, 2.45) is 0 Å². The summed E-state index contributed by atoms with van der Waals surface area (Å²) >= 11 is 2.21. The minimum atomic E-state index is -0.324. The summed E-state index contributed by atoms with van der Waals surface area (Å²) in [6.07, 6.45) is 3.80. The molecule has 1 aromatic carbocycles. The Morgan fingerprint density at radius 2 is 2.10 bits per heavy atom. The Morgan fingerprint density at radius 3 is 2.75 bits per heavy atom. The van der Waals surface area contributed by atoms with Crippen molar-refractivity contribution in [1.29, 1.82) is 0 Å². The Balaban J connectivity index is 2.54. The van der Waals surface area contributed by atoms with Gasteiger partial charge in [0.25, 0.3) is 0 Å². The molecule has 1 rings (SSSR count). The minimum Gasteiger partial charge on any atom is -0.493 e. The molecule has 0 aliphatic carbocycles. The first kappa shape index (κ1) is 16.8. The quantitative estimate of drug-likeness (QED) is 0.310. The minimum absolute atomic E-state index is 0.324. The van der Waals surface area contributed by atoms with Crippen molar-refractivity contribution in [3.05, 3.63) is 33.4 Å². The summed E-state index contributed by atoms with van der Waals surface area (Å²) in [6, 6.07) is 3.98. The number of methoxy groups -OCH3 is 1. The number of carbonyl (C=O) groups is 1. The van der Waals surface area contributed by atoms with Gasteiger partial charge in [-0.25, -0.2) is 4.79 Å². The molecule has 0 radical (unpaired) electrons. The Labute approximate surface area is 133 Å². The normalized spacial score (nSPS) is 10.6. The van der Waals surface area contributed by atoms with Gasteiger partial charge in [0.2, 0.25) is 0 Å². The van der Waals surface area contributed by atoms with Crippen LogP contribution in [-0.4, -0.2) is 26.3 Å². The van der Waals surface area contributed by atoms with Crippen LogP contribution < -0.4 is 9.47 Å². The van der Waals surface area contributed by atoms with Crippen LogP contribution in [-0.2, 0) is 9.53 Å². The topological polar surface area (TPSA) is 44.8 Å². The van der Waals surface area contributed by atoms with Gasteiger partial charge in [-0.3, -0.25) is 0 Å². The molecular formula is C15H19IO4. The molecule has 110 valence electrons. The Morgan fingerprint density at radius 1 is 1.35 bits per heavy atom. The molecule has 1 aromatic rings. The predicted molar refractivity (Wildman–Crippen MR) is 86.3 cm³/mol. The molecule has 0 saturated heterocycles. The SMILES string of the molecule is CCOC(=O)/C=C/CCOc1c(I)ccc(C)c1OC. The van der Waals surface area contributed by atoms with Crippen molar-refractivity contribution in [2.75, 3.05) is 20.3 Å². The third-order valence-electron chi connectivity index (χ3n) is 2.54. The highest BCUT2D eigenvalue weighted by atomic mass is 127. The molecule has 0 atom stereocenters. The molecular weight excluding hydrogens is 371 g/mol. The van der Waals surface area contributed by atoms with Gasteiger partial charge in [-0.05, 0) is 54.5 Å². The van der Waals surface area contributed by atoms with Crippen LogP contribution in [0, 0.1) is 10.5 Å². The van der Waals surface area contributed by atoms with Gasteiger partial charge in [0.05, 0.1) is 23.9 Å². The van der Waals surface area contributed by atoms with Crippen LogP contribution >= 0.6 is 22.6 Å². The summed E-state index contributed by atoms with van der Waals surface area (Å²) in [5, 5.41) is 0. The fourth-order valence-corrected chi connectivity index (χ4v) is 2.20. The highest BCUT2D eigenvalue weighted by Crippen LogP contribution is 2.35. The molecule has 0 saturated carbocycles. The maximum absolute atomic E-state index is 11.1. The van der Waals surface area contributed by atoms with Crippen molar-refractivity contribution < 1.29 is 19.0 Å². The maximum atomic E-state index is 11.1. The van der Waals surface area contributed by atoms with Gasteiger partial charge in [-0.1, -0.05) is 12.1 Å². The first-order chi connectivity index (χ1) is 9.60.